The third kappa shape index (κ3) is 9.07. The lowest BCUT2D eigenvalue weighted by Crippen LogP contribution is -2.41. The van der Waals surface area contributed by atoms with E-state index < -0.39 is 0 Å². The number of hydrogen-bond donors (Lipinski definition) is 1. The lowest BCUT2D eigenvalue weighted by molar-refractivity contribution is 0.115. The summed E-state index contributed by atoms with van der Waals surface area (Å²) in [5, 5.41) is 3.42. The summed E-state index contributed by atoms with van der Waals surface area (Å²) in [4.78, 5) is 6.47. The van der Waals surface area contributed by atoms with Gasteiger partial charge in [0.15, 0.2) is 5.96 Å². The largest absolute Gasteiger partial charge is 0.494 e. The minimum Gasteiger partial charge on any atom is -0.494 e. The van der Waals surface area contributed by atoms with Crippen LogP contribution < -0.4 is 10.1 Å². The second-order valence-electron chi connectivity index (χ2n) is 6.66. The van der Waals surface area contributed by atoms with Crippen molar-refractivity contribution in [3.63, 3.8) is 0 Å². The number of halogens is 1. The highest BCUT2D eigenvalue weighted by Crippen LogP contribution is 2.28. The summed E-state index contributed by atoms with van der Waals surface area (Å²) in [6.07, 6.45) is 4.64. The van der Waals surface area contributed by atoms with E-state index in [-0.39, 0.29) is 24.0 Å². The first kappa shape index (κ1) is 23.0. The van der Waals surface area contributed by atoms with Crippen LogP contribution in [0.2, 0.25) is 0 Å². The van der Waals surface area contributed by atoms with Gasteiger partial charge in [0.2, 0.25) is 0 Å². The molecule has 1 aromatic carbocycles. The summed E-state index contributed by atoms with van der Waals surface area (Å²) in [6, 6.07) is 8.33. The van der Waals surface area contributed by atoms with Crippen LogP contribution >= 0.6 is 24.0 Å². The fourth-order valence-electron chi connectivity index (χ4n) is 2.56. The molecule has 0 radical (unpaired) electrons. The molecule has 2 rings (SSSR count). The van der Waals surface area contributed by atoms with Crippen LogP contribution in [0.15, 0.2) is 29.3 Å². The SMILES string of the molecule is CCCOc1cccc(CCNC(=NC)N(C)CCOCC2CC2)c1.I. The van der Waals surface area contributed by atoms with E-state index >= 15 is 0 Å². The Hall–Kier alpha value is -1.02. The number of ether oxygens (including phenoxy) is 2. The zero-order valence-corrected chi connectivity index (χ0v) is 18.7. The zero-order chi connectivity index (χ0) is 17.9. The van der Waals surface area contributed by atoms with Crippen LogP contribution in [0.1, 0.15) is 31.7 Å². The summed E-state index contributed by atoms with van der Waals surface area (Å²) >= 11 is 0. The van der Waals surface area contributed by atoms with E-state index in [4.69, 9.17) is 9.47 Å². The lowest BCUT2D eigenvalue weighted by atomic mass is 10.1. The Kier molecular flexibility index (Phi) is 11.7. The van der Waals surface area contributed by atoms with Crippen LogP contribution in [0, 0.1) is 5.92 Å². The first-order valence-corrected chi connectivity index (χ1v) is 9.44. The maximum absolute atomic E-state index is 5.70. The van der Waals surface area contributed by atoms with Gasteiger partial charge in [0, 0.05) is 33.8 Å². The van der Waals surface area contributed by atoms with Gasteiger partial charge in [-0.05, 0) is 49.3 Å². The number of hydrogen-bond acceptors (Lipinski definition) is 3. The highest BCUT2D eigenvalue weighted by molar-refractivity contribution is 14.0. The average molecular weight is 475 g/mol. The van der Waals surface area contributed by atoms with Gasteiger partial charge in [-0.25, -0.2) is 0 Å². The van der Waals surface area contributed by atoms with Gasteiger partial charge < -0.3 is 19.7 Å². The summed E-state index contributed by atoms with van der Waals surface area (Å²) < 4.78 is 11.4. The van der Waals surface area contributed by atoms with Gasteiger partial charge in [0.1, 0.15) is 5.75 Å². The topological polar surface area (TPSA) is 46.1 Å². The van der Waals surface area contributed by atoms with Crippen molar-refractivity contribution in [3.05, 3.63) is 29.8 Å². The van der Waals surface area contributed by atoms with Crippen molar-refractivity contribution in [2.75, 3.05) is 47.0 Å². The maximum Gasteiger partial charge on any atom is 0.193 e. The van der Waals surface area contributed by atoms with Crippen LogP contribution in [-0.2, 0) is 11.2 Å². The molecule has 1 fully saturated rings. The molecule has 1 aromatic rings. The molecule has 6 heteroatoms. The van der Waals surface area contributed by atoms with Gasteiger partial charge in [0.05, 0.1) is 13.2 Å². The lowest BCUT2D eigenvalue weighted by Gasteiger charge is -2.22. The molecule has 0 spiro atoms. The standard InChI is InChI=1S/C20H33N3O2.HI/c1-4-13-25-19-7-5-6-17(15-19)10-11-22-20(21-2)23(3)12-14-24-16-18-8-9-18;/h5-7,15,18H,4,8-14,16H2,1-3H3,(H,21,22);1H. The fraction of sp³-hybridized carbons (Fsp3) is 0.650. The summed E-state index contributed by atoms with van der Waals surface area (Å²) in [6.45, 7) is 6.25. The second kappa shape index (κ2) is 13.2. The number of rotatable bonds is 11. The molecule has 0 saturated heterocycles. The monoisotopic (exact) mass is 475 g/mol. The Morgan fingerprint density at radius 2 is 2.12 bits per heavy atom. The minimum atomic E-state index is 0. The fourth-order valence-corrected chi connectivity index (χ4v) is 2.56. The van der Waals surface area contributed by atoms with Crippen molar-refractivity contribution in [3.8, 4) is 5.75 Å². The van der Waals surface area contributed by atoms with Gasteiger partial charge in [0.25, 0.3) is 0 Å². The molecule has 1 aliphatic rings. The molecule has 5 nitrogen and oxygen atoms in total. The number of guanidine groups is 1. The highest BCUT2D eigenvalue weighted by Gasteiger charge is 2.21. The molecule has 1 N–H and O–H groups in total. The van der Waals surface area contributed by atoms with E-state index in [9.17, 15) is 0 Å². The van der Waals surface area contributed by atoms with Crippen molar-refractivity contribution in [2.45, 2.75) is 32.6 Å². The molecule has 0 heterocycles. The third-order valence-corrected chi connectivity index (χ3v) is 4.26. The Morgan fingerprint density at radius 1 is 1.31 bits per heavy atom. The predicted octanol–water partition coefficient (Wildman–Crippen LogP) is 3.57. The molecule has 0 amide bonds. The first-order chi connectivity index (χ1) is 12.2. The zero-order valence-electron chi connectivity index (χ0n) is 16.4. The Labute approximate surface area is 175 Å². The van der Waals surface area contributed by atoms with Crippen LogP contribution in [0.4, 0.5) is 0 Å². The van der Waals surface area contributed by atoms with Gasteiger partial charge in [-0.2, -0.15) is 0 Å². The quantitative estimate of drug-likeness (QED) is 0.230. The molecular formula is C20H34IN3O2. The number of likely N-dealkylation sites (N-methyl/N-ethyl adjacent to an activating group) is 1. The molecule has 0 bridgehead atoms. The van der Waals surface area contributed by atoms with E-state index in [1.165, 1.54) is 18.4 Å². The van der Waals surface area contributed by atoms with E-state index in [2.05, 4.69) is 47.4 Å². The molecular weight excluding hydrogens is 441 g/mol. The molecule has 148 valence electrons. The number of benzene rings is 1. The molecule has 1 aliphatic carbocycles. The molecule has 0 aromatic heterocycles. The smallest absolute Gasteiger partial charge is 0.193 e. The van der Waals surface area contributed by atoms with Crippen LogP contribution in [-0.4, -0.2) is 57.9 Å². The van der Waals surface area contributed by atoms with Gasteiger partial charge in [-0.1, -0.05) is 19.1 Å². The molecule has 0 atom stereocenters. The normalized spacial score (nSPS) is 13.9. The van der Waals surface area contributed by atoms with Crippen molar-refractivity contribution in [1.29, 1.82) is 0 Å². The summed E-state index contributed by atoms with van der Waals surface area (Å²) in [7, 11) is 3.87. The molecule has 0 unspecified atom stereocenters. The van der Waals surface area contributed by atoms with Crippen LogP contribution in [0.3, 0.4) is 0 Å². The van der Waals surface area contributed by atoms with Gasteiger partial charge >= 0.3 is 0 Å². The van der Waals surface area contributed by atoms with E-state index in [1.54, 1.807) is 0 Å². The number of nitrogens with one attached hydrogen (secondary N) is 1. The van der Waals surface area contributed by atoms with Gasteiger partial charge in [-0.15, -0.1) is 24.0 Å². The minimum absolute atomic E-state index is 0. The Balaban J connectivity index is 0.00000338. The highest BCUT2D eigenvalue weighted by atomic mass is 127. The predicted molar refractivity (Wildman–Crippen MR) is 119 cm³/mol. The van der Waals surface area contributed by atoms with E-state index in [0.29, 0.717) is 0 Å². The van der Waals surface area contributed by atoms with Crippen molar-refractivity contribution >= 4 is 29.9 Å². The van der Waals surface area contributed by atoms with Crippen molar-refractivity contribution in [2.24, 2.45) is 10.9 Å². The second-order valence-corrected chi connectivity index (χ2v) is 6.66. The van der Waals surface area contributed by atoms with Crippen LogP contribution in [0.25, 0.3) is 0 Å². The summed E-state index contributed by atoms with van der Waals surface area (Å²) in [5.74, 6) is 2.68. The van der Waals surface area contributed by atoms with Gasteiger partial charge in [-0.3, -0.25) is 4.99 Å². The van der Waals surface area contributed by atoms with E-state index in [0.717, 1.165) is 63.4 Å². The Morgan fingerprint density at radius 3 is 2.81 bits per heavy atom. The number of aliphatic imine (C=N–C) groups is 1. The third-order valence-electron chi connectivity index (χ3n) is 4.26. The number of nitrogens with zero attached hydrogens (tertiary/aromatic N) is 2. The Bertz CT molecular complexity index is 536. The van der Waals surface area contributed by atoms with Crippen molar-refractivity contribution < 1.29 is 9.47 Å². The summed E-state index contributed by atoms with van der Waals surface area (Å²) in [5.41, 5.74) is 1.27. The van der Waals surface area contributed by atoms with Crippen LogP contribution in [0.5, 0.6) is 5.75 Å². The molecule has 0 aliphatic heterocycles. The average Bonchev–Trinajstić information content (AvgIpc) is 3.45. The molecule has 1 saturated carbocycles. The first-order valence-electron chi connectivity index (χ1n) is 9.44. The van der Waals surface area contributed by atoms with Crippen molar-refractivity contribution in [1.82, 2.24) is 10.2 Å². The maximum atomic E-state index is 5.70. The van der Waals surface area contributed by atoms with E-state index in [1.807, 2.05) is 13.1 Å². The molecule has 26 heavy (non-hydrogen) atoms.